The Hall–Kier alpha value is -2.98. The summed E-state index contributed by atoms with van der Waals surface area (Å²) in [7, 11) is 0. The smallest absolute Gasteiger partial charge is 0.273 e. The van der Waals surface area contributed by atoms with Crippen LogP contribution in [-0.4, -0.2) is 26.7 Å². The number of nitrogens with two attached hydrogens (primary N) is 1. The molecule has 0 radical (unpaired) electrons. The van der Waals surface area contributed by atoms with Gasteiger partial charge in [0.2, 0.25) is 0 Å². The van der Waals surface area contributed by atoms with Gasteiger partial charge in [-0.1, -0.05) is 35.2 Å². The van der Waals surface area contributed by atoms with E-state index >= 15 is 0 Å². The van der Waals surface area contributed by atoms with Crippen molar-refractivity contribution < 1.29 is 4.79 Å². The molecular weight excluding hydrogens is 447 g/mol. The summed E-state index contributed by atoms with van der Waals surface area (Å²) in [5, 5.41) is 1.09. The molecule has 4 rings (SSSR count). The SMILES string of the molecule is C#CCn1c(=O)c2c(n1-c1cc(Cl)ccc1[C@H](C)N)CCN(C(=O)c1ccc(Cl)cc1)C2. The Morgan fingerprint density at radius 1 is 1.19 bits per heavy atom. The number of benzene rings is 2. The molecule has 0 spiro atoms. The first kappa shape index (κ1) is 22.2. The predicted molar refractivity (Wildman–Crippen MR) is 126 cm³/mol. The van der Waals surface area contributed by atoms with Crippen LogP contribution in [0.4, 0.5) is 0 Å². The maximum absolute atomic E-state index is 13.3. The van der Waals surface area contributed by atoms with Gasteiger partial charge in [0.25, 0.3) is 11.5 Å². The summed E-state index contributed by atoms with van der Waals surface area (Å²) in [6.07, 6.45) is 6.07. The lowest BCUT2D eigenvalue weighted by molar-refractivity contribution is 0.0733. The zero-order valence-corrected chi connectivity index (χ0v) is 19.0. The molecule has 3 aromatic rings. The number of terminal acetylenes is 1. The van der Waals surface area contributed by atoms with E-state index in [0.717, 1.165) is 16.9 Å². The van der Waals surface area contributed by atoms with E-state index in [1.165, 1.54) is 4.68 Å². The van der Waals surface area contributed by atoms with E-state index in [0.29, 0.717) is 34.1 Å². The number of carbonyl (C=O) groups excluding carboxylic acids is 1. The summed E-state index contributed by atoms with van der Waals surface area (Å²) in [5.74, 6) is 2.41. The quantitative estimate of drug-likeness (QED) is 0.591. The fourth-order valence-corrected chi connectivity index (χ4v) is 4.40. The third-order valence-electron chi connectivity index (χ3n) is 5.64. The molecule has 1 atom stereocenters. The highest BCUT2D eigenvalue weighted by Crippen LogP contribution is 2.28. The average molecular weight is 469 g/mol. The van der Waals surface area contributed by atoms with E-state index in [4.69, 9.17) is 35.4 Å². The van der Waals surface area contributed by atoms with Crippen LogP contribution in [0.5, 0.6) is 0 Å². The van der Waals surface area contributed by atoms with Crippen molar-refractivity contribution in [2.24, 2.45) is 5.73 Å². The molecule has 2 heterocycles. The summed E-state index contributed by atoms with van der Waals surface area (Å²) >= 11 is 12.2. The number of hydrogen-bond acceptors (Lipinski definition) is 3. The van der Waals surface area contributed by atoms with Gasteiger partial charge in [-0.15, -0.1) is 6.42 Å². The molecule has 0 unspecified atom stereocenters. The Morgan fingerprint density at radius 3 is 2.53 bits per heavy atom. The number of aromatic nitrogens is 2. The van der Waals surface area contributed by atoms with Crippen molar-refractivity contribution in [2.75, 3.05) is 6.54 Å². The second-order valence-corrected chi connectivity index (χ2v) is 8.65. The summed E-state index contributed by atoms with van der Waals surface area (Å²) in [4.78, 5) is 28.0. The molecule has 8 heteroatoms. The maximum atomic E-state index is 13.3. The number of rotatable bonds is 4. The van der Waals surface area contributed by atoms with Gasteiger partial charge in [-0.05, 0) is 48.9 Å². The molecule has 1 amide bonds. The molecule has 164 valence electrons. The average Bonchev–Trinajstić information content (AvgIpc) is 3.05. The van der Waals surface area contributed by atoms with Crippen LogP contribution in [0.3, 0.4) is 0 Å². The molecule has 2 aromatic carbocycles. The third-order valence-corrected chi connectivity index (χ3v) is 6.12. The van der Waals surface area contributed by atoms with Crippen LogP contribution < -0.4 is 11.3 Å². The van der Waals surface area contributed by atoms with Crippen LogP contribution in [0.2, 0.25) is 10.0 Å². The Balaban J connectivity index is 1.81. The molecular formula is C24H22Cl2N4O2. The van der Waals surface area contributed by atoms with Gasteiger partial charge in [0.1, 0.15) is 6.54 Å². The number of nitrogens with zero attached hydrogens (tertiary/aromatic N) is 3. The number of fused-ring (bicyclic) bond motifs is 1. The molecule has 0 bridgehead atoms. The lowest BCUT2D eigenvalue weighted by Gasteiger charge is -2.28. The zero-order chi connectivity index (χ0) is 23.0. The van der Waals surface area contributed by atoms with Gasteiger partial charge < -0.3 is 10.6 Å². The Labute approximate surface area is 196 Å². The summed E-state index contributed by atoms with van der Waals surface area (Å²) in [6.45, 7) is 2.62. The highest BCUT2D eigenvalue weighted by molar-refractivity contribution is 6.31. The van der Waals surface area contributed by atoms with E-state index in [9.17, 15) is 9.59 Å². The molecule has 0 saturated carbocycles. The van der Waals surface area contributed by atoms with Crippen molar-refractivity contribution >= 4 is 29.1 Å². The standard InChI is InChI=1S/C24H22Cl2N4O2/c1-3-11-29-24(32)20-14-28(23(31)16-4-6-17(25)7-5-16)12-10-21(20)30(29)22-13-18(26)8-9-19(22)15(2)27/h1,4-9,13,15H,10-12,14,27H2,2H3/t15-/m0/s1. The van der Waals surface area contributed by atoms with Gasteiger partial charge in [0, 0.05) is 34.6 Å². The number of amides is 1. The van der Waals surface area contributed by atoms with Crippen molar-refractivity contribution in [1.82, 2.24) is 14.3 Å². The van der Waals surface area contributed by atoms with Crippen LogP contribution in [0.25, 0.3) is 5.69 Å². The van der Waals surface area contributed by atoms with Crippen LogP contribution in [0.1, 0.15) is 40.1 Å². The summed E-state index contributed by atoms with van der Waals surface area (Å²) < 4.78 is 3.34. The van der Waals surface area contributed by atoms with Gasteiger partial charge in [-0.25, -0.2) is 4.68 Å². The number of halogens is 2. The fraction of sp³-hybridized carbons (Fsp3) is 0.250. The van der Waals surface area contributed by atoms with E-state index in [1.54, 1.807) is 41.3 Å². The number of hydrogen-bond donors (Lipinski definition) is 1. The lowest BCUT2D eigenvalue weighted by Crippen LogP contribution is -2.37. The second kappa shape index (κ2) is 8.87. The zero-order valence-electron chi connectivity index (χ0n) is 17.5. The first-order valence-electron chi connectivity index (χ1n) is 10.2. The minimum Gasteiger partial charge on any atom is -0.334 e. The van der Waals surface area contributed by atoms with E-state index < -0.39 is 0 Å². The molecule has 0 aliphatic carbocycles. The summed E-state index contributed by atoms with van der Waals surface area (Å²) in [6, 6.07) is 11.9. The third kappa shape index (κ3) is 3.95. The normalized spacial score (nSPS) is 14.0. The molecule has 0 saturated heterocycles. The minimum absolute atomic E-state index is 0.0852. The maximum Gasteiger partial charge on any atom is 0.273 e. The molecule has 6 nitrogen and oxygen atoms in total. The van der Waals surface area contributed by atoms with Crippen LogP contribution in [-0.2, 0) is 19.5 Å². The molecule has 0 fully saturated rings. The van der Waals surface area contributed by atoms with Crippen molar-refractivity contribution in [3.63, 3.8) is 0 Å². The largest absolute Gasteiger partial charge is 0.334 e. The monoisotopic (exact) mass is 468 g/mol. The van der Waals surface area contributed by atoms with Crippen LogP contribution in [0.15, 0.2) is 47.3 Å². The van der Waals surface area contributed by atoms with Crippen molar-refractivity contribution in [2.45, 2.75) is 32.5 Å². The first-order chi connectivity index (χ1) is 15.3. The molecule has 32 heavy (non-hydrogen) atoms. The van der Waals surface area contributed by atoms with Crippen molar-refractivity contribution in [1.29, 1.82) is 0 Å². The Kier molecular flexibility index (Phi) is 6.16. The Bertz CT molecular complexity index is 1280. The van der Waals surface area contributed by atoms with Crippen molar-refractivity contribution in [3.05, 3.63) is 85.2 Å². The van der Waals surface area contributed by atoms with Gasteiger partial charge in [-0.2, -0.15) is 0 Å². The highest BCUT2D eigenvalue weighted by atomic mass is 35.5. The van der Waals surface area contributed by atoms with E-state index in [1.807, 2.05) is 17.7 Å². The van der Waals surface area contributed by atoms with E-state index in [-0.39, 0.29) is 30.6 Å². The van der Waals surface area contributed by atoms with Gasteiger partial charge >= 0.3 is 0 Å². The fourth-order valence-electron chi connectivity index (χ4n) is 4.11. The first-order valence-corrected chi connectivity index (χ1v) is 10.9. The van der Waals surface area contributed by atoms with Crippen LogP contribution in [0, 0.1) is 12.3 Å². The van der Waals surface area contributed by atoms with Gasteiger partial charge in [-0.3, -0.25) is 14.3 Å². The van der Waals surface area contributed by atoms with Crippen molar-refractivity contribution in [3.8, 4) is 18.0 Å². The molecule has 2 N–H and O–H groups in total. The van der Waals surface area contributed by atoms with Gasteiger partial charge in [0.05, 0.1) is 23.5 Å². The minimum atomic E-state index is -0.277. The van der Waals surface area contributed by atoms with Gasteiger partial charge in [0.15, 0.2) is 0 Å². The van der Waals surface area contributed by atoms with Crippen LogP contribution >= 0.6 is 23.2 Å². The molecule has 1 aromatic heterocycles. The second-order valence-electron chi connectivity index (χ2n) is 7.78. The predicted octanol–water partition coefficient (Wildman–Crippen LogP) is 3.80. The molecule has 1 aliphatic heterocycles. The Morgan fingerprint density at radius 2 is 1.88 bits per heavy atom. The molecule has 1 aliphatic rings. The number of carbonyl (C=O) groups is 1. The highest BCUT2D eigenvalue weighted by Gasteiger charge is 2.30. The summed E-state index contributed by atoms with van der Waals surface area (Å²) in [5.41, 5.74) is 9.43. The topological polar surface area (TPSA) is 73.3 Å². The lowest BCUT2D eigenvalue weighted by atomic mass is 10.0. The van der Waals surface area contributed by atoms with E-state index in [2.05, 4.69) is 5.92 Å².